The summed E-state index contributed by atoms with van der Waals surface area (Å²) in [4.78, 5) is 6.17. The van der Waals surface area contributed by atoms with Crippen LogP contribution in [0, 0.1) is 0 Å². The molecule has 0 amide bonds. The van der Waals surface area contributed by atoms with Gasteiger partial charge < -0.3 is 5.32 Å². The van der Waals surface area contributed by atoms with E-state index in [-0.39, 0.29) is 0 Å². The Kier molecular flexibility index (Phi) is 4.72. The molecule has 0 aliphatic carbocycles. The van der Waals surface area contributed by atoms with Crippen LogP contribution in [-0.2, 0) is 6.54 Å². The van der Waals surface area contributed by atoms with Gasteiger partial charge in [0.15, 0.2) is 0 Å². The Morgan fingerprint density at radius 2 is 1.79 bits per heavy atom. The Hall–Kier alpha value is -1.19. The number of nitrogens with zero attached hydrogens (tertiary/aromatic N) is 1. The second-order valence-corrected chi connectivity index (χ2v) is 6.50. The molecule has 1 aromatic carbocycles. The van der Waals surface area contributed by atoms with Gasteiger partial charge in [0.2, 0.25) is 0 Å². The number of nitrogens with one attached hydrogen (secondary N) is 1. The van der Waals surface area contributed by atoms with Crippen LogP contribution in [0.2, 0.25) is 0 Å². The van der Waals surface area contributed by atoms with E-state index in [2.05, 4.69) is 57.3 Å². The van der Waals surface area contributed by atoms with Crippen LogP contribution >= 0.6 is 11.3 Å². The van der Waals surface area contributed by atoms with E-state index in [0.717, 1.165) is 12.2 Å². The van der Waals surface area contributed by atoms with Crippen molar-refractivity contribution in [2.75, 3.05) is 0 Å². The maximum Gasteiger partial charge on any atom is 0.0961 e. The molecule has 102 valence electrons. The van der Waals surface area contributed by atoms with Crippen molar-refractivity contribution in [2.45, 2.75) is 46.2 Å². The van der Waals surface area contributed by atoms with Crippen LogP contribution in [0.15, 0.2) is 30.3 Å². The summed E-state index contributed by atoms with van der Waals surface area (Å²) in [6, 6.07) is 11.0. The Balaban J connectivity index is 2.34. The Bertz CT molecular complexity index is 515. The van der Waals surface area contributed by atoms with Gasteiger partial charge >= 0.3 is 0 Å². The van der Waals surface area contributed by atoms with E-state index in [4.69, 9.17) is 4.98 Å². The van der Waals surface area contributed by atoms with Gasteiger partial charge in [-0.2, -0.15) is 0 Å². The first-order valence-electron chi connectivity index (χ1n) is 6.86. The number of aromatic nitrogens is 1. The summed E-state index contributed by atoms with van der Waals surface area (Å²) in [6.07, 6.45) is 0. The predicted molar refractivity (Wildman–Crippen MR) is 83.6 cm³/mol. The lowest BCUT2D eigenvalue weighted by Crippen LogP contribution is -2.21. The van der Waals surface area contributed by atoms with Gasteiger partial charge in [-0.25, -0.2) is 4.98 Å². The molecule has 0 saturated carbocycles. The van der Waals surface area contributed by atoms with Crippen molar-refractivity contribution in [1.29, 1.82) is 0 Å². The second-order valence-electron chi connectivity index (χ2n) is 5.38. The van der Waals surface area contributed by atoms with Crippen LogP contribution < -0.4 is 5.32 Å². The molecule has 1 heterocycles. The minimum atomic E-state index is 0.486. The molecule has 1 aromatic heterocycles. The molecule has 0 radical (unpaired) electrons. The molecular formula is C16H22N2S. The van der Waals surface area contributed by atoms with E-state index in [0.29, 0.717) is 12.0 Å². The average Bonchev–Trinajstić information content (AvgIpc) is 2.81. The topological polar surface area (TPSA) is 24.9 Å². The van der Waals surface area contributed by atoms with Crippen molar-refractivity contribution in [1.82, 2.24) is 10.3 Å². The molecule has 2 nitrogen and oxygen atoms in total. The van der Waals surface area contributed by atoms with Crippen LogP contribution in [0.25, 0.3) is 11.3 Å². The van der Waals surface area contributed by atoms with Crippen LogP contribution in [0.1, 0.15) is 43.5 Å². The Morgan fingerprint density at radius 3 is 2.37 bits per heavy atom. The highest BCUT2D eigenvalue weighted by Gasteiger charge is 2.14. The summed E-state index contributed by atoms with van der Waals surface area (Å²) >= 11 is 1.83. The monoisotopic (exact) mass is 274 g/mol. The Morgan fingerprint density at radius 1 is 1.11 bits per heavy atom. The molecule has 2 rings (SSSR count). The van der Waals surface area contributed by atoms with E-state index in [1.807, 2.05) is 17.4 Å². The highest BCUT2D eigenvalue weighted by Crippen LogP contribution is 2.31. The second kappa shape index (κ2) is 6.31. The molecule has 2 aromatic rings. The lowest BCUT2D eigenvalue weighted by molar-refractivity contribution is 0.593. The summed E-state index contributed by atoms with van der Waals surface area (Å²) in [7, 11) is 0. The highest BCUT2D eigenvalue weighted by atomic mass is 32.1. The zero-order valence-electron chi connectivity index (χ0n) is 12.1. The molecule has 0 aliphatic heterocycles. The largest absolute Gasteiger partial charge is 0.310 e. The van der Waals surface area contributed by atoms with Crippen LogP contribution in [0.3, 0.4) is 0 Å². The van der Waals surface area contributed by atoms with Crippen molar-refractivity contribution < 1.29 is 0 Å². The lowest BCUT2D eigenvalue weighted by atomic mass is 10.1. The van der Waals surface area contributed by atoms with Gasteiger partial charge in [0.25, 0.3) is 0 Å². The molecule has 1 N–H and O–H groups in total. The molecule has 0 unspecified atom stereocenters. The molecule has 3 heteroatoms. The van der Waals surface area contributed by atoms with Gasteiger partial charge in [0.05, 0.1) is 10.7 Å². The fourth-order valence-corrected chi connectivity index (χ4v) is 2.90. The normalized spacial score (nSPS) is 11.5. The summed E-state index contributed by atoms with van der Waals surface area (Å²) in [5.74, 6) is 0.486. The van der Waals surface area contributed by atoms with Gasteiger partial charge in [-0.15, -0.1) is 11.3 Å². The minimum absolute atomic E-state index is 0.486. The van der Waals surface area contributed by atoms with Crippen molar-refractivity contribution in [3.63, 3.8) is 0 Å². The number of benzene rings is 1. The quantitative estimate of drug-likeness (QED) is 0.872. The first-order chi connectivity index (χ1) is 9.08. The van der Waals surface area contributed by atoms with Gasteiger partial charge in [0, 0.05) is 28.9 Å². The SMILES string of the molecule is CC(C)NCc1sc(C(C)C)nc1-c1ccccc1. The predicted octanol–water partition coefficient (Wildman–Crippen LogP) is 4.43. The number of thiazole rings is 1. The smallest absolute Gasteiger partial charge is 0.0961 e. The fraction of sp³-hybridized carbons (Fsp3) is 0.438. The van der Waals surface area contributed by atoms with Crippen molar-refractivity contribution >= 4 is 11.3 Å². The van der Waals surface area contributed by atoms with E-state index in [1.54, 1.807) is 0 Å². The van der Waals surface area contributed by atoms with E-state index < -0.39 is 0 Å². The number of hydrogen-bond acceptors (Lipinski definition) is 3. The molecule has 0 atom stereocenters. The number of rotatable bonds is 5. The standard InChI is InChI=1S/C16H22N2S/c1-11(2)16-18-15(13-8-6-5-7-9-13)14(19-16)10-17-12(3)4/h5-9,11-12,17H,10H2,1-4H3. The van der Waals surface area contributed by atoms with Gasteiger partial charge in [0.1, 0.15) is 0 Å². The Labute approximate surface area is 119 Å². The average molecular weight is 274 g/mol. The number of hydrogen-bond donors (Lipinski definition) is 1. The summed E-state index contributed by atoms with van der Waals surface area (Å²) in [5, 5.41) is 4.72. The zero-order valence-corrected chi connectivity index (χ0v) is 12.9. The van der Waals surface area contributed by atoms with Gasteiger partial charge in [-0.1, -0.05) is 58.0 Å². The molecule has 0 aliphatic rings. The third-order valence-corrected chi connectivity index (χ3v) is 4.28. The van der Waals surface area contributed by atoms with Crippen molar-refractivity contribution in [3.05, 3.63) is 40.2 Å². The highest BCUT2D eigenvalue weighted by molar-refractivity contribution is 7.12. The maximum atomic E-state index is 4.84. The maximum absolute atomic E-state index is 4.84. The fourth-order valence-electron chi connectivity index (χ4n) is 1.86. The van der Waals surface area contributed by atoms with Crippen LogP contribution in [0.4, 0.5) is 0 Å². The first kappa shape index (κ1) is 14.2. The van der Waals surface area contributed by atoms with E-state index in [9.17, 15) is 0 Å². The molecule has 0 fully saturated rings. The van der Waals surface area contributed by atoms with Crippen LogP contribution in [0.5, 0.6) is 0 Å². The summed E-state index contributed by atoms with van der Waals surface area (Å²) in [5.41, 5.74) is 2.36. The summed E-state index contributed by atoms with van der Waals surface area (Å²) in [6.45, 7) is 9.64. The van der Waals surface area contributed by atoms with Crippen molar-refractivity contribution in [3.8, 4) is 11.3 Å². The van der Waals surface area contributed by atoms with Crippen molar-refractivity contribution in [2.24, 2.45) is 0 Å². The molecular weight excluding hydrogens is 252 g/mol. The van der Waals surface area contributed by atoms with Gasteiger partial charge in [-0.3, -0.25) is 0 Å². The third-order valence-electron chi connectivity index (χ3n) is 2.93. The zero-order chi connectivity index (χ0) is 13.8. The van der Waals surface area contributed by atoms with Crippen LogP contribution in [-0.4, -0.2) is 11.0 Å². The minimum Gasteiger partial charge on any atom is -0.310 e. The van der Waals surface area contributed by atoms with E-state index in [1.165, 1.54) is 15.4 Å². The molecule has 0 bridgehead atoms. The molecule has 19 heavy (non-hydrogen) atoms. The van der Waals surface area contributed by atoms with Gasteiger partial charge in [-0.05, 0) is 0 Å². The lowest BCUT2D eigenvalue weighted by Gasteiger charge is -2.07. The first-order valence-corrected chi connectivity index (χ1v) is 7.68. The van der Waals surface area contributed by atoms with E-state index >= 15 is 0 Å². The third kappa shape index (κ3) is 3.64. The summed E-state index contributed by atoms with van der Waals surface area (Å²) < 4.78 is 0. The molecule has 0 spiro atoms. The molecule has 0 saturated heterocycles.